The summed E-state index contributed by atoms with van der Waals surface area (Å²) in [5.74, 6) is -2.02. The van der Waals surface area contributed by atoms with Crippen LogP contribution in [0.1, 0.15) is 279 Å². The first-order valence-electron chi connectivity index (χ1n) is 25.1. The molecule has 0 atom stereocenters. The van der Waals surface area contributed by atoms with Crippen molar-refractivity contribution < 1.29 is 83.4 Å². The molecule has 0 N–H and O–H groups in total. The summed E-state index contributed by atoms with van der Waals surface area (Å²) in [6.07, 6.45) is 54.6. The monoisotopic (exact) mass is 897 g/mol. The van der Waals surface area contributed by atoms with E-state index in [1.165, 1.54) is 230 Å². The van der Waals surface area contributed by atoms with Gasteiger partial charge in [-0.1, -0.05) is 238 Å². The molecule has 7 nitrogen and oxygen atoms in total. The normalized spacial score (nSPS) is 11.7. The first-order chi connectivity index (χ1) is 29.3. The van der Waals surface area contributed by atoms with E-state index >= 15 is 0 Å². The molecule has 0 aliphatic rings. The molecule has 0 heterocycles. The minimum Gasteiger partial charge on any atom is -0.744 e. The number of carbonyl (C=O) groups excluding carboxylic acids is 2. The first kappa shape index (κ1) is 60.2. The van der Waals surface area contributed by atoms with Gasteiger partial charge in [-0.3, -0.25) is 0 Å². The van der Waals surface area contributed by atoms with Crippen molar-refractivity contribution in [3.05, 3.63) is 54.0 Å². The van der Waals surface area contributed by atoms with E-state index in [0.717, 1.165) is 38.2 Å². The summed E-state index contributed by atoms with van der Waals surface area (Å²) in [6.45, 7) is 4.54. The Kier molecular flexibility index (Phi) is 43.8. The van der Waals surface area contributed by atoms with E-state index < -0.39 is 32.5 Å². The van der Waals surface area contributed by atoms with Crippen molar-refractivity contribution in [2.75, 3.05) is 0 Å². The van der Waals surface area contributed by atoms with Gasteiger partial charge in [-0.25, -0.2) is 18.0 Å². The molecule has 0 spiro atoms. The molecular formula is C52H89KO7S. The van der Waals surface area contributed by atoms with Crippen LogP contribution < -0.4 is 51.4 Å². The van der Waals surface area contributed by atoms with Crippen LogP contribution in [-0.4, -0.2) is 24.9 Å². The fraction of sp³-hybridized carbons (Fsp3) is 0.769. The van der Waals surface area contributed by atoms with Crippen molar-refractivity contribution in [1.29, 1.82) is 0 Å². The molecule has 346 valence electrons. The first-order valence-corrected chi connectivity index (χ1v) is 26.5. The Labute approximate surface area is 418 Å². The molecule has 1 aromatic rings. The van der Waals surface area contributed by atoms with Crippen LogP contribution in [0.15, 0.2) is 47.8 Å². The van der Waals surface area contributed by atoms with Gasteiger partial charge in [-0.15, -0.1) is 0 Å². The molecule has 1 rings (SSSR count). The van der Waals surface area contributed by atoms with Crippen molar-refractivity contribution in [2.24, 2.45) is 0 Å². The number of unbranched alkanes of at least 4 members (excludes halogenated alkanes) is 36. The fourth-order valence-electron chi connectivity index (χ4n) is 7.93. The average Bonchev–Trinajstić information content (AvgIpc) is 3.24. The van der Waals surface area contributed by atoms with Gasteiger partial charge in [0.05, 0.1) is 28.5 Å². The van der Waals surface area contributed by atoms with E-state index in [-0.39, 0.29) is 56.9 Å². The van der Waals surface area contributed by atoms with Crippen molar-refractivity contribution in [2.45, 2.75) is 263 Å². The van der Waals surface area contributed by atoms with E-state index in [4.69, 9.17) is 9.47 Å². The predicted molar refractivity (Wildman–Crippen MR) is 250 cm³/mol. The number of carbonyl (C=O) groups is 2. The van der Waals surface area contributed by atoms with E-state index in [2.05, 4.69) is 13.8 Å². The molecule has 0 fully saturated rings. The standard InChI is InChI=1S/C52H90O7S.K/c1-3-5-7-9-11-13-15-17-19-21-23-25-27-29-31-33-35-37-39-41-46-58-51(53)48-44-43-45-49(60(55,56)57)50(48)52(54)59-47-42-40-38-36-34-32-30-28-26-24-22-20-18-16-14-12-10-8-6-4-2;/h41-47H,3-40H2,1-2H3,(H,55,56,57);/q;+1/p-1/b46-41+,47-42+;. The SMILES string of the molecule is CCCCCCCCCCCCCCCCCCCC/C=C/OC(=O)c1cccc(S(=O)(=O)[O-])c1C(=O)O/C=C/CCCCCCCCCCCCCCCCCCCC.[K+]. The number of esters is 2. The van der Waals surface area contributed by atoms with Crippen LogP contribution in [0.3, 0.4) is 0 Å². The molecule has 0 saturated heterocycles. The van der Waals surface area contributed by atoms with Crippen LogP contribution in [0.25, 0.3) is 0 Å². The van der Waals surface area contributed by atoms with Gasteiger partial charge in [0.1, 0.15) is 10.1 Å². The summed E-state index contributed by atoms with van der Waals surface area (Å²) in [5, 5.41) is 0. The summed E-state index contributed by atoms with van der Waals surface area (Å²) in [5.41, 5.74) is -0.932. The van der Waals surface area contributed by atoms with Gasteiger partial charge in [-0.05, 0) is 50.0 Å². The third kappa shape index (κ3) is 36.1. The van der Waals surface area contributed by atoms with Crippen LogP contribution >= 0.6 is 0 Å². The van der Waals surface area contributed by atoms with Crippen LogP contribution in [0.5, 0.6) is 0 Å². The van der Waals surface area contributed by atoms with Crippen LogP contribution in [0.2, 0.25) is 0 Å². The van der Waals surface area contributed by atoms with E-state index in [1.54, 1.807) is 12.2 Å². The summed E-state index contributed by atoms with van der Waals surface area (Å²) < 4.78 is 46.4. The largest absolute Gasteiger partial charge is 1.00 e. The molecular weight excluding hydrogens is 808 g/mol. The second kappa shape index (κ2) is 44.4. The van der Waals surface area contributed by atoms with Crippen molar-refractivity contribution >= 4 is 22.1 Å². The van der Waals surface area contributed by atoms with Crippen molar-refractivity contribution in [1.82, 2.24) is 0 Å². The summed E-state index contributed by atoms with van der Waals surface area (Å²) >= 11 is 0. The molecule has 0 aromatic heterocycles. The molecule has 0 aliphatic carbocycles. The number of benzene rings is 1. The molecule has 9 heteroatoms. The molecule has 61 heavy (non-hydrogen) atoms. The third-order valence-electron chi connectivity index (χ3n) is 11.7. The molecule has 1 aromatic carbocycles. The maximum atomic E-state index is 13.0. The van der Waals surface area contributed by atoms with Gasteiger partial charge in [0.25, 0.3) is 0 Å². The van der Waals surface area contributed by atoms with E-state index in [0.29, 0.717) is 6.42 Å². The molecule has 0 amide bonds. The van der Waals surface area contributed by atoms with Gasteiger partial charge in [0, 0.05) is 0 Å². The van der Waals surface area contributed by atoms with Gasteiger partial charge in [0.15, 0.2) is 0 Å². The van der Waals surface area contributed by atoms with E-state index in [1.807, 2.05) is 0 Å². The quantitative estimate of drug-likeness (QED) is 0.0211. The zero-order chi connectivity index (χ0) is 43.6. The van der Waals surface area contributed by atoms with Crippen LogP contribution in [-0.2, 0) is 19.6 Å². The fourth-order valence-corrected chi connectivity index (χ4v) is 8.61. The maximum Gasteiger partial charge on any atom is 1.00 e. The minimum absolute atomic E-state index is 0. The number of rotatable bonds is 43. The van der Waals surface area contributed by atoms with Crippen molar-refractivity contribution in [3.63, 3.8) is 0 Å². The predicted octanol–water partition coefficient (Wildman–Crippen LogP) is 13.8. The number of ether oxygens (including phenoxy) is 2. The van der Waals surface area contributed by atoms with Crippen LogP contribution in [0.4, 0.5) is 0 Å². The maximum absolute atomic E-state index is 13.0. The third-order valence-corrected chi connectivity index (χ3v) is 12.6. The second-order valence-corrected chi connectivity index (χ2v) is 18.6. The van der Waals surface area contributed by atoms with Gasteiger partial charge >= 0.3 is 63.3 Å². The Hall–Kier alpha value is -0.814. The number of hydrogen-bond acceptors (Lipinski definition) is 7. The molecule has 0 radical (unpaired) electrons. The molecule has 0 unspecified atom stereocenters. The van der Waals surface area contributed by atoms with Crippen LogP contribution in [0, 0.1) is 0 Å². The molecule has 0 bridgehead atoms. The Morgan fingerprint density at radius 2 is 0.738 bits per heavy atom. The minimum atomic E-state index is -5.06. The van der Waals surface area contributed by atoms with Gasteiger partial charge in [0.2, 0.25) is 0 Å². The number of hydrogen-bond donors (Lipinski definition) is 0. The van der Waals surface area contributed by atoms with Gasteiger partial charge in [-0.2, -0.15) is 0 Å². The smallest absolute Gasteiger partial charge is 0.744 e. The Bertz CT molecular complexity index is 1340. The molecule has 0 saturated carbocycles. The summed E-state index contributed by atoms with van der Waals surface area (Å²) in [6, 6.07) is 3.51. The molecule has 0 aliphatic heterocycles. The van der Waals surface area contributed by atoms with Crippen molar-refractivity contribution in [3.8, 4) is 0 Å². The summed E-state index contributed by atoms with van der Waals surface area (Å²) in [7, 11) is -5.06. The Morgan fingerprint density at radius 3 is 1.03 bits per heavy atom. The summed E-state index contributed by atoms with van der Waals surface area (Å²) in [4.78, 5) is 25.1. The topological polar surface area (TPSA) is 110 Å². The second-order valence-electron chi connectivity index (χ2n) is 17.3. The average molecular weight is 897 g/mol. The zero-order valence-corrected chi connectivity index (χ0v) is 43.6. The zero-order valence-electron chi connectivity index (χ0n) is 39.7. The Morgan fingerprint density at radius 1 is 0.459 bits per heavy atom. The van der Waals surface area contributed by atoms with Gasteiger partial charge < -0.3 is 14.0 Å². The number of allylic oxidation sites excluding steroid dienone is 2. The Balaban J connectivity index is 0.0000360. The van der Waals surface area contributed by atoms with E-state index in [9.17, 15) is 22.6 Å².